The number of ether oxygens (including phenoxy) is 2. The number of amides is 1. The molecule has 3 aromatic carbocycles. The van der Waals surface area contributed by atoms with E-state index in [1.807, 2.05) is 77.4 Å². The highest BCUT2D eigenvalue weighted by atomic mass is 32.2. The lowest BCUT2D eigenvalue weighted by atomic mass is 10.2. The molecule has 0 N–H and O–H groups in total. The van der Waals surface area contributed by atoms with Gasteiger partial charge in [-0.05, 0) is 48.5 Å². The molecule has 4 aromatic rings. The minimum atomic E-state index is -0.0237. The first-order valence-corrected chi connectivity index (χ1v) is 13.1. The summed E-state index contributed by atoms with van der Waals surface area (Å²) in [5, 5.41) is 9.29. The van der Waals surface area contributed by atoms with E-state index in [4.69, 9.17) is 9.47 Å². The van der Waals surface area contributed by atoms with Crippen molar-refractivity contribution in [1.29, 1.82) is 0 Å². The number of para-hydroxylation sites is 2. The van der Waals surface area contributed by atoms with Crippen LogP contribution in [0.4, 0.5) is 11.4 Å². The Morgan fingerprint density at radius 3 is 2.25 bits per heavy atom. The van der Waals surface area contributed by atoms with Crippen molar-refractivity contribution in [3.8, 4) is 11.5 Å². The van der Waals surface area contributed by atoms with Crippen LogP contribution in [0.15, 0.2) is 100 Å². The number of methoxy groups -OCH3 is 1. The van der Waals surface area contributed by atoms with Crippen LogP contribution in [-0.4, -0.2) is 33.5 Å². The Hall–Kier alpha value is -3.69. The molecule has 0 saturated heterocycles. The summed E-state index contributed by atoms with van der Waals surface area (Å²) in [6.45, 7) is 4.61. The number of benzene rings is 3. The summed E-state index contributed by atoms with van der Waals surface area (Å²) in [5.74, 6) is 2.31. The number of hydrogen-bond acceptors (Lipinski definition) is 7. The van der Waals surface area contributed by atoms with E-state index in [1.165, 1.54) is 11.8 Å². The second kappa shape index (κ2) is 10.9. The van der Waals surface area contributed by atoms with Gasteiger partial charge in [0.05, 0.1) is 24.2 Å². The highest BCUT2D eigenvalue weighted by molar-refractivity contribution is 8.00. The summed E-state index contributed by atoms with van der Waals surface area (Å²) in [5.41, 5.74) is 1.79. The van der Waals surface area contributed by atoms with Gasteiger partial charge in [-0.1, -0.05) is 53.9 Å². The van der Waals surface area contributed by atoms with Crippen LogP contribution in [0.1, 0.15) is 5.82 Å². The molecule has 0 spiro atoms. The minimum absolute atomic E-state index is 0.0237. The SMILES string of the molecule is C=CCn1c(COc2ccc(OC)cc2)nnc1SCC(=O)N1c2ccccc2Sc2ccccc21. The lowest BCUT2D eigenvalue weighted by molar-refractivity contribution is -0.115. The van der Waals surface area contributed by atoms with Crippen LogP contribution < -0.4 is 14.4 Å². The smallest absolute Gasteiger partial charge is 0.242 e. The van der Waals surface area contributed by atoms with Crippen molar-refractivity contribution >= 4 is 40.8 Å². The Labute approximate surface area is 218 Å². The Morgan fingerprint density at radius 2 is 1.61 bits per heavy atom. The van der Waals surface area contributed by atoms with Crippen molar-refractivity contribution in [3.05, 3.63) is 91.3 Å². The zero-order valence-corrected chi connectivity index (χ0v) is 21.3. The van der Waals surface area contributed by atoms with E-state index in [9.17, 15) is 4.79 Å². The van der Waals surface area contributed by atoms with Crippen molar-refractivity contribution in [3.63, 3.8) is 0 Å². The standard InChI is InChI=1S/C27H24N4O3S2/c1-3-16-30-25(17-34-20-14-12-19(33-2)13-15-20)28-29-27(30)35-18-26(32)31-21-8-4-6-10-23(21)36-24-11-7-5-9-22(24)31/h3-15H,1,16-18H2,2H3. The summed E-state index contributed by atoms with van der Waals surface area (Å²) in [7, 11) is 1.62. The van der Waals surface area contributed by atoms with Crippen LogP contribution in [0, 0.1) is 0 Å². The third kappa shape index (κ3) is 4.98. The number of thioether (sulfide) groups is 1. The molecule has 9 heteroatoms. The molecule has 1 aromatic heterocycles. The quantitative estimate of drug-likeness (QED) is 0.200. The Morgan fingerprint density at radius 1 is 0.972 bits per heavy atom. The Kier molecular flexibility index (Phi) is 7.29. The van der Waals surface area contributed by atoms with Crippen LogP contribution in [-0.2, 0) is 17.9 Å². The second-order valence-electron chi connectivity index (χ2n) is 7.82. The summed E-state index contributed by atoms with van der Waals surface area (Å²) in [4.78, 5) is 17.4. The highest BCUT2D eigenvalue weighted by Crippen LogP contribution is 2.48. The van der Waals surface area contributed by atoms with Crippen molar-refractivity contribution < 1.29 is 14.3 Å². The van der Waals surface area contributed by atoms with Crippen LogP contribution in [0.25, 0.3) is 0 Å². The van der Waals surface area contributed by atoms with Crippen molar-refractivity contribution in [2.24, 2.45) is 0 Å². The third-order valence-corrected chi connectivity index (χ3v) is 7.62. The number of fused-ring (bicyclic) bond motifs is 2. The molecule has 0 unspecified atom stereocenters. The number of anilines is 2. The second-order valence-corrected chi connectivity index (χ2v) is 9.84. The predicted molar refractivity (Wildman–Crippen MR) is 142 cm³/mol. The lowest BCUT2D eigenvalue weighted by Gasteiger charge is -2.30. The van der Waals surface area contributed by atoms with E-state index in [-0.39, 0.29) is 18.3 Å². The Bertz CT molecular complexity index is 1340. The number of allylic oxidation sites excluding steroid dienone is 1. The maximum atomic E-state index is 13.5. The molecule has 2 heterocycles. The first-order chi connectivity index (χ1) is 17.7. The van der Waals surface area contributed by atoms with Crippen molar-refractivity contribution in [2.75, 3.05) is 17.8 Å². The van der Waals surface area contributed by atoms with Gasteiger partial charge in [0.1, 0.15) is 18.1 Å². The van der Waals surface area contributed by atoms with Gasteiger partial charge in [-0.3, -0.25) is 14.3 Å². The molecular formula is C27H24N4O3S2. The maximum absolute atomic E-state index is 13.5. The molecule has 1 aliphatic heterocycles. The fourth-order valence-electron chi connectivity index (χ4n) is 3.83. The normalized spacial score (nSPS) is 12.0. The largest absolute Gasteiger partial charge is 0.497 e. The van der Waals surface area contributed by atoms with Gasteiger partial charge in [0, 0.05) is 16.3 Å². The van der Waals surface area contributed by atoms with Gasteiger partial charge in [-0.25, -0.2) is 0 Å². The van der Waals surface area contributed by atoms with Crippen molar-refractivity contribution in [1.82, 2.24) is 14.8 Å². The number of nitrogens with zero attached hydrogens (tertiary/aromatic N) is 4. The van der Waals surface area contributed by atoms with E-state index in [1.54, 1.807) is 29.8 Å². The lowest BCUT2D eigenvalue weighted by Crippen LogP contribution is -2.30. The van der Waals surface area contributed by atoms with E-state index < -0.39 is 0 Å². The van der Waals surface area contributed by atoms with E-state index in [2.05, 4.69) is 16.8 Å². The summed E-state index contributed by atoms with van der Waals surface area (Å²) in [6.07, 6.45) is 1.78. The van der Waals surface area contributed by atoms with Gasteiger partial charge in [0.2, 0.25) is 5.91 Å². The van der Waals surface area contributed by atoms with Gasteiger partial charge in [0.15, 0.2) is 11.0 Å². The molecule has 5 rings (SSSR count). The number of aromatic nitrogens is 3. The average molecular weight is 517 g/mol. The minimum Gasteiger partial charge on any atom is -0.497 e. The average Bonchev–Trinajstić information content (AvgIpc) is 3.30. The molecule has 0 aliphatic carbocycles. The van der Waals surface area contributed by atoms with Crippen LogP contribution in [0.5, 0.6) is 11.5 Å². The van der Waals surface area contributed by atoms with E-state index in [0.29, 0.717) is 23.3 Å². The topological polar surface area (TPSA) is 69.5 Å². The number of carbonyl (C=O) groups excluding carboxylic acids is 1. The summed E-state index contributed by atoms with van der Waals surface area (Å²) < 4.78 is 13.0. The zero-order chi connectivity index (χ0) is 24.9. The van der Waals surface area contributed by atoms with Gasteiger partial charge in [-0.2, -0.15) is 0 Å². The van der Waals surface area contributed by atoms with Gasteiger partial charge >= 0.3 is 0 Å². The third-order valence-electron chi connectivity index (χ3n) is 5.54. The van der Waals surface area contributed by atoms with E-state index >= 15 is 0 Å². The number of rotatable bonds is 9. The highest BCUT2D eigenvalue weighted by Gasteiger charge is 2.28. The predicted octanol–water partition coefficient (Wildman–Crippen LogP) is 5.97. The molecule has 182 valence electrons. The van der Waals surface area contributed by atoms with Crippen molar-refractivity contribution in [2.45, 2.75) is 28.1 Å². The van der Waals surface area contributed by atoms with E-state index in [0.717, 1.165) is 26.9 Å². The summed E-state index contributed by atoms with van der Waals surface area (Å²) in [6, 6.07) is 23.3. The fourth-order valence-corrected chi connectivity index (χ4v) is 5.70. The van der Waals surface area contributed by atoms with Gasteiger partial charge in [0.25, 0.3) is 0 Å². The van der Waals surface area contributed by atoms with Crippen LogP contribution in [0.3, 0.4) is 0 Å². The first kappa shape index (κ1) is 24.0. The molecule has 0 fully saturated rings. The molecule has 7 nitrogen and oxygen atoms in total. The maximum Gasteiger partial charge on any atom is 0.242 e. The monoisotopic (exact) mass is 516 g/mol. The zero-order valence-electron chi connectivity index (χ0n) is 19.7. The molecule has 36 heavy (non-hydrogen) atoms. The van der Waals surface area contributed by atoms with Crippen LogP contribution >= 0.6 is 23.5 Å². The number of carbonyl (C=O) groups is 1. The summed E-state index contributed by atoms with van der Waals surface area (Å²) >= 11 is 3.03. The number of hydrogen-bond donors (Lipinski definition) is 0. The fraction of sp³-hybridized carbons (Fsp3) is 0.148. The van der Waals surface area contributed by atoms with Crippen LogP contribution in [0.2, 0.25) is 0 Å². The first-order valence-electron chi connectivity index (χ1n) is 11.3. The molecule has 1 aliphatic rings. The molecule has 0 radical (unpaired) electrons. The molecular weight excluding hydrogens is 492 g/mol. The van der Waals surface area contributed by atoms with Gasteiger partial charge < -0.3 is 9.47 Å². The molecule has 0 saturated carbocycles. The molecule has 0 atom stereocenters. The molecule has 0 bridgehead atoms. The Balaban J connectivity index is 1.31. The molecule has 1 amide bonds. The van der Waals surface area contributed by atoms with Gasteiger partial charge in [-0.15, -0.1) is 16.8 Å².